The third kappa shape index (κ3) is 3.81. The Bertz CT molecular complexity index is 812. The molecular formula is C20H27N3O3S. The van der Waals surface area contributed by atoms with Gasteiger partial charge in [-0.15, -0.1) is 0 Å². The minimum absolute atomic E-state index is 0.157. The second-order valence-electron chi connectivity index (χ2n) is 7.33. The van der Waals surface area contributed by atoms with Gasteiger partial charge in [0, 0.05) is 32.1 Å². The molecule has 27 heavy (non-hydrogen) atoms. The van der Waals surface area contributed by atoms with Gasteiger partial charge in [-0.2, -0.15) is 0 Å². The van der Waals surface area contributed by atoms with Crippen LogP contribution in [0.3, 0.4) is 0 Å². The van der Waals surface area contributed by atoms with Crippen molar-refractivity contribution in [1.82, 2.24) is 9.88 Å². The number of hydrogen-bond acceptors (Lipinski definition) is 6. The van der Waals surface area contributed by atoms with E-state index in [1.807, 2.05) is 11.0 Å². The van der Waals surface area contributed by atoms with Crippen molar-refractivity contribution in [3.8, 4) is 5.75 Å². The van der Waals surface area contributed by atoms with E-state index in [-0.39, 0.29) is 11.8 Å². The molecule has 0 bridgehead atoms. The average molecular weight is 390 g/mol. The number of aromatic nitrogens is 1. The van der Waals surface area contributed by atoms with Crippen LogP contribution in [0.1, 0.15) is 24.8 Å². The van der Waals surface area contributed by atoms with Gasteiger partial charge in [-0.3, -0.25) is 14.6 Å². The largest absolute Gasteiger partial charge is 0.494 e. The highest BCUT2D eigenvalue weighted by Gasteiger charge is 2.32. The molecular weight excluding hydrogens is 362 g/mol. The zero-order valence-corrected chi connectivity index (χ0v) is 16.9. The fraction of sp³-hybridized carbons (Fsp3) is 0.600. The van der Waals surface area contributed by atoms with Crippen LogP contribution >= 0.6 is 11.3 Å². The molecule has 0 radical (unpaired) electrons. The standard InChI is InChI=1S/C20H27N3O3S/c1-14-6-7-16(25-2)17-18(14)27-20(21-17)23(19(24)15-4-3-5-15)9-8-22-10-12-26-13-11-22/h6-7,15H,3-5,8-13H2,1-2H3. The number of rotatable bonds is 6. The van der Waals surface area contributed by atoms with Crippen molar-refractivity contribution in [2.24, 2.45) is 5.92 Å². The molecule has 0 spiro atoms. The number of fused-ring (bicyclic) bond motifs is 1. The summed E-state index contributed by atoms with van der Waals surface area (Å²) >= 11 is 1.60. The third-order valence-corrected chi connectivity index (χ3v) is 6.82. The molecule has 1 aromatic carbocycles. The molecule has 6 nitrogen and oxygen atoms in total. The lowest BCUT2D eigenvalue weighted by Crippen LogP contribution is -2.45. The molecule has 1 aliphatic carbocycles. The molecule has 1 saturated heterocycles. The molecule has 1 saturated carbocycles. The summed E-state index contributed by atoms with van der Waals surface area (Å²) in [5, 5.41) is 0.794. The maximum absolute atomic E-state index is 13.1. The number of ether oxygens (including phenoxy) is 2. The Hall–Kier alpha value is -1.70. The fourth-order valence-corrected chi connectivity index (χ4v) is 4.70. The van der Waals surface area contributed by atoms with E-state index in [0.29, 0.717) is 6.54 Å². The first-order valence-electron chi connectivity index (χ1n) is 9.73. The minimum atomic E-state index is 0.157. The van der Waals surface area contributed by atoms with Gasteiger partial charge in [0.2, 0.25) is 5.91 Å². The van der Waals surface area contributed by atoms with Crippen LogP contribution in [0.5, 0.6) is 5.75 Å². The van der Waals surface area contributed by atoms with Crippen molar-refractivity contribution in [3.05, 3.63) is 17.7 Å². The van der Waals surface area contributed by atoms with Crippen LogP contribution in [0.4, 0.5) is 5.13 Å². The summed E-state index contributed by atoms with van der Waals surface area (Å²) in [6, 6.07) is 4.00. The van der Waals surface area contributed by atoms with Gasteiger partial charge in [0.1, 0.15) is 11.3 Å². The Morgan fingerprint density at radius 1 is 1.37 bits per heavy atom. The summed E-state index contributed by atoms with van der Waals surface area (Å²) in [5.74, 6) is 1.15. The highest BCUT2D eigenvalue weighted by Crippen LogP contribution is 2.38. The number of morpholine rings is 1. The molecule has 2 aliphatic rings. The Labute approximate surface area is 164 Å². The first kappa shape index (κ1) is 18.7. The van der Waals surface area contributed by atoms with Crippen LogP contribution in [0.15, 0.2) is 12.1 Å². The quantitative estimate of drug-likeness (QED) is 0.760. The predicted molar refractivity (Wildman–Crippen MR) is 108 cm³/mol. The number of nitrogens with zero attached hydrogens (tertiary/aromatic N) is 3. The maximum atomic E-state index is 13.1. The van der Waals surface area contributed by atoms with Crippen LogP contribution < -0.4 is 9.64 Å². The lowest BCUT2D eigenvalue weighted by molar-refractivity contribution is -0.124. The van der Waals surface area contributed by atoms with Crippen molar-refractivity contribution < 1.29 is 14.3 Å². The summed E-state index contributed by atoms with van der Waals surface area (Å²) in [4.78, 5) is 22.2. The van der Waals surface area contributed by atoms with Crippen molar-refractivity contribution in [2.45, 2.75) is 26.2 Å². The lowest BCUT2D eigenvalue weighted by atomic mass is 9.84. The number of anilines is 1. The molecule has 1 amide bonds. The van der Waals surface area contributed by atoms with E-state index in [1.165, 1.54) is 5.56 Å². The summed E-state index contributed by atoms with van der Waals surface area (Å²) in [6.07, 6.45) is 3.15. The van der Waals surface area contributed by atoms with Crippen molar-refractivity contribution in [1.29, 1.82) is 0 Å². The molecule has 2 heterocycles. The highest BCUT2D eigenvalue weighted by molar-refractivity contribution is 7.22. The molecule has 7 heteroatoms. The predicted octanol–water partition coefficient (Wildman–Crippen LogP) is 3.08. The normalized spacial score (nSPS) is 18.4. The van der Waals surface area contributed by atoms with Crippen LogP contribution in [0, 0.1) is 12.8 Å². The van der Waals surface area contributed by atoms with Crippen LogP contribution in [0.2, 0.25) is 0 Å². The summed E-state index contributed by atoms with van der Waals surface area (Å²) in [6.45, 7) is 7.01. The van der Waals surface area contributed by atoms with Gasteiger partial charge < -0.3 is 9.47 Å². The Morgan fingerprint density at radius 3 is 2.81 bits per heavy atom. The molecule has 1 aliphatic heterocycles. The molecule has 146 valence electrons. The molecule has 2 fully saturated rings. The number of hydrogen-bond donors (Lipinski definition) is 0. The molecule has 4 rings (SSSR count). The van der Waals surface area contributed by atoms with Gasteiger partial charge in [0.05, 0.1) is 25.0 Å². The topological polar surface area (TPSA) is 54.9 Å². The Morgan fingerprint density at radius 2 is 2.15 bits per heavy atom. The summed E-state index contributed by atoms with van der Waals surface area (Å²) in [7, 11) is 1.67. The molecule has 0 atom stereocenters. The Balaban J connectivity index is 1.61. The van der Waals surface area contributed by atoms with Crippen molar-refractivity contribution in [2.75, 3.05) is 51.4 Å². The van der Waals surface area contributed by atoms with E-state index in [1.54, 1.807) is 18.4 Å². The number of benzene rings is 1. The summed E-state index contributed by atoms with van der Waals surface area (Å²) < 4.78 is 12.0. The first-order valence-corrected chi connectivity index (χ1v) is 10.5. The Kier molecular flexibility index (Phi) is 5.61. The number of aryl methyl sites for hydroxylation is 1. The number of methoxy groups -OCH3 is 1. The van der Waals surface area contributed by atoms with E-state index < -0.39 is 0 Å². The van der Waals surface area contributed by atoms with Gasteiger partial charge in [0.25, 0.3) is 0 Å². The molecule has 1 aromatic heterocycles. The SMILES string of the molecule is COc1ccc(C)c2sc(N(CCN3CCOCC3)C(=O)C3CCC3)nc12. The third-order valence-electron chi connectivity index (χ3n) is 5.61. The van der Waals surface area contributed by atoms with E-state index in [9.17, 15) is 4.79 Å². The first-order chi connectivity index (χ1) is 13.2. The number of carbonyl (C=O) groups excluding carboxylic acids is 1. The number of amides is 1. The van der Waals surface area contributed by atoms with Crippen LogP contribution in [0.25, 0.3) is 10.2 Å². The second-order valence-corrected chi connectivity index (χ2v) is 8.31. The van der Waals surface area contributed by atoms with Crippen LogP contribution in [-0.4, -0.2) is 62.3 Å². The van der Waals surface area contributed by atoms with E-state index in [4.69, 9.17) is 14.5 Å². The van der Waals surface area contributed by atoms with Crippen molar-refractivity contribution in [3.63, 3.8) is 0 Å². The average Bonchev–Trinajstić information content (AvgIpc) is 3.08. The number of thiazole rings is 1. The van der Waals surface area contributed by atoms with E-state index >= 15 is 0 Å². The van der Waals surface area contributed by atoms with Gasteiger partial charge >= 0.3 is 0 Å². The molecule has 2 aromatic rings. The van der Waals surface area contributed by atoms with Crippen molar-refractivity contribution >= 4 is 32.6 Å². The van der Waals surface area contributed by atoms with Crippen LogP contribution in [-0.2, 0) is 9.53 Å². The van der Waals surface area contributed by atoms with Gasteiger partial charge in [0.15, 0.2) is 5.13 Å². The van der Waals surface area contributed by atoms with E-state index in [2.05, 4.69) is 17.9 Å². The zero-order chi connectivity index (χ0) is 18.8. The molecule has 0 N–H and O–H groups in total. The maximum Gasteiger partial charge on any atom is 0.231 e. The fourth-order valence-electron chi connectivity index (χ4n) is 3.62. The van der Waals surface area contributed by atoms with Gasteiger partial charge in [-0.05, 0) is 31.4 Å². The molecule has 0 unspecified atom stereocenters. The van der Waals surface area contributed by atoms with Gasteiger partial charge in [-0.25, -0.2) is 4.98 Å². The number of carbonyl (C=O) groups is 1. The van der Waals surface area contributed by atoms with Gasteiger partial charge in [-0.1, -0.05) is 23.8 Å². The smallest absolute Gasteiger partial charge is 0.231 e. The monoisotopic (exact) mass is 389 g/mol. The van der Waals surface area contributed by atoms with E-state index in [0.717, 1.165) is 73.2 Å². The summed E-state index contributed by atoms with van der Waals surface area (Å²) in [5.41, 5.74) is 2.02. The second kappa shape index (κ2) is 8.12. The highest BCUT2D eigenvalue weighted by atomic mass is 32.1. The lowest BCUT2D eigenvalue weighted by Gasteiger charge is -2.33. The minimum Gasteiger partial charge on any atom is -0.494 e. The zero-order valence-electron chi connectivity index (χ0n) is 16.1.